The van der Waals surface area contributed by atoms with Gasteiger partial charge in [-0.1, -0.05) is 34.1 Å². The van der Waals surface area contributed by atoms with Crippen LogP contribution in [0.25, 0.3) is 0 Å². The number of halogens is 3. The summed E-state index contributed by atoms with van der Waals surface area (Å²) in [6.45, 7) is 0.944. The smallest absolute Gasteiger partial charge is 0.124 e. The zero-order chi connectivity index (χ0) is 15.4. The van der Waals surface area contributed by atoms with E-state index in [1.54, 1.807) is 12.1 Å². The molecule has 2 N–H and O–H groups in total. The van der Waals surface area contributed by atoms with Crippen molar-refractivity contribution in [2.45, 2.75) is 12.6 Å². The molecule has 0 amide bonds. The molecule has 5 heteroatoms. The van der Waals surface area contributed by atoms with Crippen LogP contribution in [0, 0.1) is 11.6 Å². The van der Waals surface area contributed by atoms with Crippen LogP contribution in [0.1, 0.15) is 17.2 Å². The predicted molar refractivity (Wildman–Crippen MR) is 83.8 cm³/mol. The van der Waals surface area contributed by atoms with Gasteiger partial charge >= 0.3 is 0 Å². The van der Waals surface area contributed by atoms with Crippen LogP contribution in [-0.2, 0) is 6.54 Å². The molecule has 1 unspecified atom stereocenters. The van der Waals surface area contributed by atoms with Gasteiger partial charge in [-0.3, -0.25) is 4.90 Å². The van der Waals surface area contributed by atoms with Gasteiger partial charge in [-0.2, -0.15) is 0 Å². The van der Waals surface area contributed by atoms with Crippen LogP contribution in [0.15, 0.2) is 46.9 Å². The SMILES string of the molecule is CN(Cc1cccc(F)c1)C(CN)c1ccc(F)cc1Br. The monoisotopic (exact) mass is 354 g/mol. The molecule has 0 bridgehead atoms. The van der Waals surface area contributed by atoms with E-state index in [-0.39, 0.29) is 17.7 Å². The highest BCUT2D eigenvalue weighted by Crippen LogP contribution is 2.28. The van der Waals surface area contributed by atoms with Gasteiger partial charge in [0, 0.05) is 23.6 Å². The molecule has 2 nitrogen and oxygen atoms in total. The highest BCUT2D eigenvalue weighted by Gasteiger charge is 2.18. The zero-order valence-electron chi connectivity index (χ0n) is 11.7. The van der Waals surface area contributed by atoms with Gasteiger partial charge in [0.15, 0.2) is 0 Å². The lowest BCUT2D eigenvalue weighted by Gasteiger charge is -2.28. The van der Waals surface area contributed by atoms with Gasteiger partial charge in [-0.25, -0.2) is 8.78 Å². The summed E-state index contributed by atoms with van der Waals surface area (Å²) in [5.41, 5.74) is 7.65. The zero-order valence-corrected chi connectivity index (χ0v) is 13.3. The van der Waals surface area contributed by atoms with E-state index in [4.69, 9.17) is 5.73 Å². The summed E-state index contributed by atoms with van der Waals surface area (Å²) in [6, 6.07) is 11.0. The Morgan fingerprint density at radius 1 is 1.14 bits per heavy atom. The van der Waals surface area contributed by atoms with E-state index in [1.165, 1.54) is 24.3 Å². The summed E-state index contributed by atoms with van der Waals surface area (Å²) >= 11 is 3.37. The number of hydrogen-bond acceptors (Lipinski definition) is 2. The fraction of sp³-hybridized carbons (Fsp3) is 0.250. The standard InChI is InChI=1S/C16H17BrF2N2/c1-21(10-11-3-2-4-12(18)7-11)16(9-20)14-6-5-13(19)8-15(14)17/h2-8,16H,9-10,20H2,1H3. The van der Waals surface area contributed by atoms with Gasteiger partial charge in [-0.15, -0.1) is 0 Å². The van der Waals surface area contributed by atoms with Crippen molar-refractivity contribution < 1.29 is 8.78 Å². The topological polar surface area (TPSA) is 29.3 Å². The van der Waals surface area contributed by atoms with Crippen LogP contribution in [0.2, 0.25) is 0 Å². The Bertz CT molecular complexity index is 619. The van der Waals surface area contributed by atoms with Gasteiger partial charge in [0.2, 0.25) is 0 Å². The third-order valence-corrected chi connectivity index (χ3v) is 4.08. The third-order valence-electron chi connectivity index (χ3n) is 3.40. The van der Waals surface area contributed by atoms with Crippen LogP contribution in [-0.4, -0.2) is 18.5 Å². The minimum absolute atomic E-state index is 0.0803. The number of nitrogens with zero attached hydrogens (tertiary/aromatic N) is 1. The number of rotatable bonds is 5. The van der Waals surface area contributed by atoms with Crippen molar-refractivity contribution in [1.29, 1.82) is 0 Å². The lowest BCUT2D eigenvalue weighted by atomic mass is 10.0. The van der Waals surface area contributed by atoms with Gasteiger partial charge in [0.25, 0.3) is 0 Å². The lowest BCUT2D eigenvalue weighted by Crippen LogP contribution is -2.30. The van der Waals surface area contributed by atoms with Crippen LogP contribution in [0.5, 0.6) is 0 Å². The molecule has 0 aromatic heterocycles. The van der Waals surface area contributed by atoms with E-state index in [0.29, 0.717) is 17.6 Å². The molecule has 2 aromatic rings. The Morgan fingerprint density at radius 3 is 2.48 bits per heavy atom. The number of hydrogen-bond donors (Lipinski definition) is 1. The van der Waals surface area contributed by atoms with Crippen molar-refractivity contribution in [2.24, 2.45) is 5.73 Å². The van der Waals surface area contributed by atoms with E-state index in [1.807, 2.05) is 18.0 Å². The first-order valence-corrected chi connectivity index (χ1v) is 7.40. The molecule has 0 saturated heterocycles. The van der Waals surface area contributed by atoms with Crippen molar-refractivity contribution in [1.82, 2.24) is 4.90 Å². The molecular formula is C16H17BrF2N2. The second-order valence-electron chi connectivity index (χ2n) is 4.96. The van der Waals surface area contributed by atoms with Gasteiger partial charge in [-0.05, 0) is 42.4 Å². The Balaban J connectivity index is 2.20. The Labute approximate surface area is 131 Å². The van der Waals surface area contributed by atoms with Crippen LogP contribution < -0.4 is 5.73 Å². The molecule has 21 heavy (non-hydrogen) atoms. The average molecular weight is 355 g/mol. The quantitative estimate of drug-likeness (QED) is 0.883. The molecule has 0 fully saturated rings. The highest BCUT2D eigenvalue weighted by atomic mass is 79.9. The summed E-state index contributed by atoms with van der Waals surface area (Å²) < 4.78 is 27.1. The van der Waals surface area contributed by atoms with Crippen LogP contribution >= 0.6 is 15.9 Å². The normalized spacial score (nSPS) is 12.7. The predicted octanol–water partition coefficient (Wildman–Crippen LogP) is 3.86. The fourth-order valence-corrected chi connectivity index (χ4v) is 2.96. The maximum atomic E-state index is 13.2. The van der Waals surface area contributed by atoms with Crippen molar-refractivity contribution in [3.63, 3.8) is 0 Å². The molecule has 0 spiro atoms. The van der Waals surface area contributed by atoms with Crippen LogP contribution in [0.3, 0.4) is 0 Å². The minimum atomic E-state index is -0.297. The fourth-order valence-electron chi connectivity index (χ4n) is 2.35. The number of likely N-dealkylation sites (N-methyl/N-ethyl adjacent to an activating group) is 1. The van der Waals surface area contributed by atoms with Crippen LogP contribution in [0.4, 0.5) is 8.78 Å². The molecule has 112 valence electrons. The van der Waals surface area contributed by atoms with Gasteiger partial charge < -0.3 is 5.73 Å². The summed E-state index contributed by atoms with van der Waals surface area (Å²) in [6.07, 6.45) is 0. The number of nitrogens with two attached hydrogens (primary N) is 1. The largest absolute Gasteiger partial charge is 0.329 e. The molecule has 0 aliphatic rings. The summed E-state index contributed by atoms with van der Waals surface area (Å²) in [5, 5.41) is 0. The molecule has 0 heterocycles. The number of benzene rings is 2. The molecule has 0 radical (unpaired) electrons. The van der Waals surface area contributed by atoms with E-state index in [0.717, 1.165) is 11.1 Å². The lowest BCUT2D eigenvalue weighted by molar-refractivity contribution is 0.240. The third kappa shape index (κ3) is 4.09. The maximum absolute atomic E-state index is 13.2. The summed E-state index contributed by atoms with van der Waals surface area (Å²) in [4.78, 5) is 2.02. The molecule has 0 aliphatic carbocycles. The van der Waals surface area contributed by atoms with Gasteiger partial charge in [0.1, 0.15) is 11.6 Å². The molecule has 2 rings (SSSR count). The first-order valence-electron chi connectivity index (χ1n) is 6.61. The molecule has 0 aliphatic heterocycles. The maximum Gasteiger partial charge on any atom is 0.124 e. The molecular weight excluding hydrogens is 338 g/mol. The van der Waals surface area contributed by atoms with Crippen molar-refractivity contribution >= 4 is 15.9 Å². The average Bonchev–Trinajstić information content (AvgIpc) is 2.42. The van der Waals surface area contributed by atoms with Gasteiger partial charge in [0.05, 0.1) is 0 Å². The van der Waals surface area contributed by atoms with E-state index in [2.05, 4.69) is 15.9 Å². The highest BCUT2D eigenvalue weighted by molar-refractivity contribution is 9.10. The van der Waals surface area contributed by atoms with Crippen molar-refractivity contribution in [2.75, 3.05) is 13.6 Å². The minimum Gasteiger partial charge on any atom is -0.329 e. The van der Waals surface area contributed by atoms with E-state index < -0.39 is 0 Å². The Morgan fingerprint density at radius 2 is 1.86 bits per heavy atom. The summed E-state index contributed by atoms with van der Waals surface area (Å²) in [7, 11) is 1.91. The second kappa shape index (κ2) is 7.11. The first kappa shape index (κ1) is 16.1. The molecule has 2 aromatic carbocycles. The Hall–Kier alpha value is -1.30. The summed E-state index contributed by atoms with van der Waals surface area (Å²) in [5.74, 6) is -0.553. The first-order chi connectivity index (χ1) is 10.0. The van der Waals surface area contributed by atoms with Crippen molar-refractivity contribution in [3.8, 4) is 0 Å². The molecule has 0 saturated carbocycles. The van der Waals surface area contributed by atoms with E-state index in [9.17, 15) is 8.78 Å². The second-order valence-corrected chi connectivity index (χ2v) is 5.82. The Kier molecular flexibility index (Phi) is 5.45. The molecule has 1 atom stereocenters. The van der Waals surface area contributed by atoms with E-state index >= 15 is 0 Å². The van der Waals surface area contributed by atoms with Crippen molar-refractivity contribution in [3.05, 3.63) is 69.7 Å².